The maximum atomic E-state index is 12.5. The molecular weight excluding hydrogens is 359 g/mol. The molecule has 0 aromatic heterocycles. The summed E-state index contributed by atoms with van der Waals surface area (Å²) in [5.74, 6) is -0.0349. The van der Waals surface area contributed by atoms with Gasteiger partial charge in [0.05, 0.1) is 0 Å². The topological polar surface area (TPSA) is 50.4 Å². The molecule has 4 nitrogen and oxygen atoms in total. The van der Waals surface area contributed by atoms with Gasteiger partial charge in [0.25, 0.3) is 5.91 Å². The van der Waals surface area contributed by atoms with Crippen LogP contribution in [-0.4, -0.2) is 38.3 Å². The predicted molar refractivity (Wildman–Crippen MR) is 97.0 cm³/mol. The third-order valence-corrected chi connectivity index (χ3v) is 4.94. The van der Waals surface area contributed by atoms with Gasteiger partial charge in [-0.1, -0.05) is 36.2 Å². The Balaban J connectivity index is 0.00000264. The Morgan fingerprint density at radius 2 is 1.91 bits per heavy atom. The third-order valence-electron chi connectivity index (χ3n) is 4.28. The molecular formula is C16H23Cl3N2O2. The standard InChI is InChI=1S/C16H22Cl2N2O2.ClH/c1-11(14-12(17)4-3-5-13(14)18)10-20-15(21)16(22-2)6-8-19-9-7-16;/h3-5,11,19H,6-10H2,1-2H3,(H,20,21);1H. The molecule has 1 fully saturated rings. The number of ether oxygens (including phenoxy) is 1. The van der Waals surface area contributed by atoms with E-state index in [1.165, 1.54) is 0 Å². The zero-order chi connectivity index (χ0) is 16.2. The van der Waals surface area contributed by atoms with Crippen LogP contribution in [-0.2, 0) is 9.53 Å². The van der Waals surface area contributed by atoms with Crippen LogP contribution in [0.2, 0.25) is 10.0 Å². The number of carbonyl (C=O) groups is 1. The molecule has 2 rings (SSSR count). The van der Waals surface area contributed by atoms with E-state index in [1.54, 1.807) is 7.11 Å². The second-order valence-electron chi connectivity index (χ2n) is 5.69. The molecule has 1 unspecified atom stereocenters. The third kappa shape index (κ3) is 4.74. The molecule has 23 heavy (non-hydrogen) atoms. The molecule has 2 N–H and O–H groups in total. The lowest BCUT2D eigenvalue weighted by atomic mass is 9.90. The van der Waals surface area contributed by atoms with E-state index in [0.29, 0.717) is 29.4 Å². The molecule has 1 aromatic rings. The summed E-state index contributed by atoms with van der Waals surface area (Å²) in [5, 5.41) is 7.47. The minimum Gasteiger partial charge on any atom is -0.368 e. The predicted octanol–water partition coefficient (Wildman–Crippen LogP) is 3.40. The van der Waals surface area contributed by atoms with Gasteiger partial charge in [0.1, 0.15) is 5.60 Å². The van der Waals surface area contributed by atoms with Crippen LogP contribution in [0.5, 0.6) is 0 Å². The average Bonchev–Trinajstić information content (AvgIpc) is 2.53. The van der Waals surface area contributed by atoms with E-state index in [0.717, 1.165) is 18.7 Å². The molecule has 1 saturated heterocycles. The van der Waals surface area contributed by atoms with Crippen LogP contribution in [0.25, 0.3) is 0 Å². The molecule has 1 aromatic carbocycles. The van der Waals surface area contributed by atoms with Crippen molar-refractivity contribution in [2.24, 2.45) is 0 Å². The van der Waals surface area contributed by atoms with Gasteiger partial charge in [0.15, 0.2) is 0 Å². The van der Waals surface area contributed by atoms with Gasteiger partial charge in [-0.05, 0) is 43.6 Å². The van der Waals surface area contributed by atoms with Crippen molar-refractivity contribution in [1.82, 2.24) is 10.6 Å². The first-order valence-electron chi connectivity index (χ1n) is 7.48. The van der Waals surface area contributed by atoms with Crippen LogP contribution in [0.1, 0.15) is 31.2 Å². The van der Waals surface area contributed by atoms with Gasteiger partial charge >= 0.3 is 0 Å². The van der Waals surface area contributed by atoms with E-state index in [-0.39, 0.29) is 24.2 Å². The zero-order valence-electron chi connectivity index (χ0n) is 13.3. The van der Waals surface area contributed by atoms with Gasteiger partial charge in [-0.25, -0.2) is 0 Å². The fourth-order valence-electron chi connectivity index (χ4n) is 2.84. The van der Waals surface area contributed by atoms with Crippen molar-refractivity contribution in [3.63, 3.8) is 0 Å². The zero-order valence-corrected chi connectivity index (χ0v) is 15.7. The van der Waals surface area contributed by atoms with Crippen molar-refractivity contribution in [3.05, 3.63) is 33.8 Å². The van der Waals surface area contributed by atoms with E-state index in [2.05, 4.69) is 10.6 Å². The molecule has 0 radical (unpaired) electrons. The molecule has 130 valence electrons. The first kappa shape index (κ1) is 20.5. The van der Waals surface area contributed by atoms with Crippen molar-refractivity contribution >= 4 is 41.5 Å². The number of halogens is 3. The Hall–Kier alpha value is -0.520. The molecule has 1 atom stereocenters. The number of amides is 1. The number of hydrogen-bond acceptors (Lipinski definition) is 3. The maximum absolute atomic E-state index is 12.5. The number of nitrogens with one attached hydrogen (secondary N) is 2. The Kier molecular flexibility index (Phi) is 8.11. The normalized spacial score (nSPS) is 17.9. The average molecular weight is 382 g/mol. The Morgan fingerprint density at radius 1 is 1.35 bits per heavy atom. The fourth-order valence-corrected chi connectivity index (χ4v) is 3.61. The van der Waals surface area contributed by atoms with Crippen LogP contribution in [0, 0.1) is 0 Å². The second kappa shape index (κ2) is 9.09. The molecule has 1 aliphatic rings. The largest absolute Gasteiger partial charge is 0.368 e. The highest BCUT2D eigenvalue weighted by Gasteiger charge is 2.39. The van der Waals surface area contributed by atoms with Gasteiger partial charge in [0.2, 0.25) is 0 Å². The van der Waals surface area contributed by atoms with E-state index in [4.69, 9.17) is 27.9 Å². The molecule has 0 spiro atoms. The number of hydrogen-bond donors (Lipinski definition) is 2. The summed E-state index contributed by atoms with van der Waals surface area (Å²) in [6, 6.07) is 5.43. The van der Waals surface area contributed by atoms with Crippen molar-refractivity contribution in [1.29, 1.82) is 0 Å². The maximum Gasteiger partial charge on any atom is 0.252 e. The van der Waals surface area contributed by atoms with E-state index >= 15 is 0 Å². The van der Waals surface area contributed by atoms with Crippen LogP contribution >= 0.6 is 35.6 Å². The molecule has 0 saturated carbocycles. The van der Waals surface area contributed by atoms with Gasteiger partial charge < -0.3 is 15.4 Å². The SMILES string of the molecule is COC1(C(=O)NCC(C)c2c(Cl)cccc2Cl)CCNCC1.Cl. The van der Waals surface area contributed by atoms with Crippen LogP contribution in [0.4, 0.5) is 0 Å². The molecule has 7 heteroatoms. The number of benzene rings is 1. The number of piperidine rings is 1. The number of rotatable bonds is 5. The van der Waals surface area contributed by atoms with Crippen LogP contribution < -0.4 is 10.6 Å². The number of carbonyl (C=O) groups excluding carboxylic acids is 1. The van der Waals surface area contributed by atoms with E-state index in [1.807, 2.05) is 25.1 Å². The summed E-state index contributed by atoms with van der Waals surface area (Å²) in [6.45, 7) is 4.04. The van der Waals surface area contributed by atoms with Gasteiger partial charge in [-0.2, -0.15) is 0 Å². The van der Waals surface area contributed by atoms with E-state index < -0.39 is 5.60 Å². The van der Waals surface area contributed by atoms with Crippen molar-refractivity contribution in [2.75, 3.05) is 26.7 Å². The highest BCUT2D eigenvalue weighted by molar-refractivity contribution is 6.36. The Bertz CT molecular complexity index is 514. The molecule has 1 heterocycles. The molecule has 0 aliphatic carbocycles. The van der Waals surface area contributed by atoms with Crippen molar-refractivity contribution in [3.8, 4) is 0 Å². The highest BCUT2D eigenvalue weighted by Crippen LogP contribution is 2.31. The summed E-state index contributed by atoms with van der Waals surface area (Å²) in [6.07, 6.45) is 1.35. The Morgan fingerprint density at radius 3 is 2.43 bits per heavy atom. The van der Waals surface area contributed by atoms with Gasteiger partial charge in [-0.3, -0.25) is 4.79 Å². The molecule has 0 bridgehead atoms. The molecule has 1 aliphatic heterocycles. The summed E-state index contributed by atoms with van der Waals surface area (Å²) in [5.41, 5.74) is 0.137. The summed E-state index contributed by atoms with van der Waals surface area (Å²) in [4.78, 5) is 12.5. The monoisotopic (exact) mass is 380 g/mol. The second-order valence-corrected chi connectivity index (χ2v) is 6.51. The Labute approximate surface area is 153 Å². The lowest BCUT2D eigenvalue weighted by molar-refractivity contribution is -0.146. The number of methoxy groups -OCH3 is 1. The summed E-state index contributed by atoms with van der Waals surface area (Å²) in [7, 11) is 1.60. The van der Waals surface area contributed by atoms with E-state index in [9.17, 15) is 4.79 Å². The molecule has 1 amide bonds. The van der Waals surface area contributed by atoms with Gasteiger partial charge in [0, 0.05) is 29.6 Å². The lowest BCUT2D eigenvalue weighted by Crippen LogP contribution is -2.54. The first-order chi connectivity index (χ1) is 10.5. The summed E-state index contributed by atoms with van der Waals surface area (Å²) >= 11 is 12.4. The fraction of sp³-hybridized carbons (Fsp3) is 0.562. The van der Waals surface area contributed by atoms with Crippen molar-refractivity contribution in [2.45, 2.75) is 31.3 Å². The minimum atomic E-state index is -0.727. The first-order valence-corrected chi connectivity index (χ1v) is 8.24. The smallest absolute Gasteiger partial charge is 0.252 e. The van der Waals surface area contributed by atoms with Crippen molar-refractivity contribution < 1.29 is 9.53 Å². The lowest BCUT2D eigenvalue weighted by Gasteiger charge is -2.35. The quantitative estimate of drug-likeness (QED) is 0.822. The van der Waals surface area contributed by atoms with Gasteiger partial charge in [-0.15, -0.1) is 12.4 Å². The van der Waals surface area contributed by atoms with Crippen LogP contribution in [0.15, 0.2) is 18.2 Å². The minimum absolute atomic E-state index is 0. The highest BCUT2D eigenvalue weighted by atomic mass is 35.5. The summed E-state index contributed by atoms with van der Waals surface area (Å²) < 4.78 is 5.52. The van der Waals surface area contributed by atoms with Crippen LogP contribution in [0.3, 0.4) is 0 Å².